The molecule has 1 heterocycles. The molecular weight excluding hydrogens is 703 g/mol. The van der Waals surface area contributed by atoms with E-state index in [0.29, 0.717) is 17.5 Å². The van der Waals surface area contributed by atoms with Crippen molar-refractivity contribution in [2.24, 2.45) is 0 Å². The van der Waals surface area contributed by atoms with Gasteiger partial charge in [0, 0.05) is 16.7 Å². The first-order valence-corrected chi connectivity index (χ1v) is 19.7. The van der Waals surface area contributed by atoms with Crippen molar-refractivity contribution >= 4 is 43.1 Å². The van der Waals surface area contributed by atoms with Gasteiger partial charge in [-0.1, -0.05) is 206 Å². The number of fused-ring (bicyclic) bond motifs is 8. The molecule has 0 saturated carbocycles. The van der Waals surface area contributed by atoms with Crippen molar-refractivity contribution in [1.29, 1.82) is 0 Å². The van der Waals surface area contributed by atoms with Crippen molar-refractivity contribution < 1.29 is 0 Å². The van der Waals surface area contributed by atoms with Crippen molar-refractivity contribution in [3.8, 4) is 67.5 Å². The monoisotopic (exact) mass is 737 g/mol. The van der Waals surface area contributed by atoms with Gasteiger partial charge in [0.15, 0.2) is 17.5 Å². The van der Waals surface area contributed by atoms with E-state index in [4.69, 9.17) is 15.0 Å². The molecule has 0 spiro atoms. The maximum atomic E-state index is 5.22. The summed E-state index contributed by atoms with van der Waals surface area (Å²) in [5.41, 5.74) is 9.52. The molecule has 0 radical (unpaired) electrons. The van der Waals surface area contributed by atoms with Crippen LogP contribution in [0.4, 0.5) is 0 Å². The van der Waals surface area contributed by atoms with Crippen LogP contribution in [0.25, 0.3) is 111 Å². The van der Waals surface area contributed by atoms with E-state index < -0.39 is 0 Å². The molecule has 0 unspecified atom stereocenters. The van der Waals surface area contributed by atoms with Crippen molar-refractivity contribution in [3.63, 3.8) is 0 Å². The van der Waals surface area contributed by atoms with Gasteiger partial charge in [-0.2, -0.15) is 0 Å². The molecule has 0 amide bonds. The van der Waals surface area contributed by atoms with Gasteiger partial charge in [0.1, 0.15) is 0 Å². The fourth-order valence-corrected chi connectivity index (χ4v) is 8.65. The first-order chi connectivity index (χ1) is 28.8. The maximum absolute atomic E-state index is 5.22. The molecule has 0 aliphatic carbocycles. The largest absolute Gasteiger partial charge is 0.208 e. The fourth-order valence-electron chi connectivity index (χ4n) is 8.65. The normalized spacial score (nSPS) is 11.4. The predicted octanol–water partition coefficient (Wildman–Crippen LogP) is 14.5. The Hall–Kier alpha value is -7.75. The van der Waals surface area contributed by atoms with Crippen LogP contribution in [-0.4, -0.2) is 15.0 Å². The van der Waals surface area contributed by atoms with Gasteiger partial charge in [0.05, 0.1) is 0 Å². The zero-order chi connectivity index (χ0) is 38.4. The topological polar surface area (TPSA) is 38.7 Å². The van der Waals surface area contributed by atoms with Gasteiger partial charge in [0.25, 0.3) is 0 Å². The Balaban J connectivity index is 1.10. The summed E-state index contributed by atoms with van der Waals surface area (Å²) < 4.78 is 0. The van der Waals surface area contributed by atoms with Crippen LogP contribution < -0.4 is 0 Å². The molecule has 270 valence electrons. The lowest BCUT2D eigenvalue weighted by Crippen LogP contribution is -2.02. The second kappa shape index (κ2) is 14.1. The molecule has 11 aromatic rings. The van der Waals surface area contributed by atoms with Gasteiger partial charge in [-0.25, -0.2) is 15.0 Å². The third kappa shape index (κ3) is 5.72. The van der Waals surface area contributed by atoms with Gasteiger partial charge in [-0.05, 0) is 82.5 Å². The average molecular weight is 738 g/mol. The Labute approximate surface area is 336 Å². The molecule has 1 aromatic heterocycles. The van der Waals surface area contributed by atoms with E-state index in [0.717, 1.165) is 44.5 Å². The number of nitrogens with zero attached hydrogens (tertiary/aromatic N) is 3. The summed E-state index contributed by atoms with van der Waals surface area (Å²) >= 11 is 0. The van der Waals surface area contributed by atoms with Crippen LogP contribution in [0.3, 0.4) is 0 Å². The summed E-state index contributed by atoms with van der Waals surface area (Å²) in [6.45, 7) is 0. The minimum Gasteiger partial charge on any atom is -0.208 e. The quantitative estimate of drug-likeness (QED) is 0.160. The maximum Gasteiger partial charge on any atom is 0.164 e. The summed E-state index contributed by atoms with van der Waals surface area (Å²) in [5, 5.41) is 10.1. The van der Waals surface area contributed by atoms with Crippen molar-refractivity contribution in [2.45, 2.75) is 0 Å². The number of benzene rings is 10. The van der Waals surface area contributed by atoms with Crippen LogP contribution in [-0.2, 0) is 0 Å². The minimum atomic E-state index is 0.623. The lowest BCUT2D eigenvalue weighted by molar-refractivity contribution is 1.07. The van der Waals surface area contributed by atoms with Gasteiger partial charge < -0.3 is 0 Å². The lowest BCUT2D eigenvalue weighted by Gasteiger charge is -2.16. The van der Waals surface area contributed by atoms with Crippen LogP contribution >= 0.6 is 0 Å². The summed E-state index contributed by atoms with van der Waals surface area (Å²) in [4.78, 5) is 15.7. The number of aromatic nitrogens is 3. The molecule has 0 atom stereocenters. The lowest BCUT2D eigenvalue weighted by atomic mass is 9.87. The highest BCUT2D eigenvalue weighted by atomic mass is 15.0. The molecule has 11 rings (SSSR count). The van der Waals surface area contributed by atoms with Gasteiger partial charge in [-0.15, -0.1) is 0 Å². The van der Waals surface area contributed by atoms with Gasteiger partial charge in [-0.3, -0.25) is 0 Å². The van der Waals surface area contributed by atoms with Crippen molar-refractivity contribution in [2.75, 3.05) is 0 Å². The zero-order valence-corrected chi connectivity index (χ0v) is 31.5. The molecule has 0 saturated heterocycles. The molecule has 0 fully saturated rings. The Morgan fingerprint density at radius 1 is 0.207 bits per heavy atom. The number of hydrogen-bond donors (Lipinski definition) is 0. The first-order valence-electron chi connectivity index (χ1n) is 19.7. The van der Waals surface area contributed by atoms with Crippen LogP contribution in [0.1, 0.15) is 0 Å². The van der Waals surface area contributed by atoms with Crippen LogP contribution in [0.5, 0.6) is 0 Å². The predicted molar refractivity (Wildman–Crippen MR) is 242 cm³/mol. The molecule has 58 heavy (non-hydrogen) atoms. The van der Waals surface area contributed by atoms with E-state index in [2.05, 4.69) is 200 Å². The number of rotatable bonds is 6. The van der Waals surface area contributed by atoms with Crippen LogP contribution in [0.15, 0.2) is 212 Å². The van der Waals surface area contributed by atoms with Crippen LogP contribution in [0.2, 0.25) is 0 Å². The Bertz CT molecular complexity index is 3220. The first kappa shape index (κ1) is 33.6. The Morgan fingerprint density at radius 3 is 1.09 bits per heavy atom. The molecular formula is C55H35N3. The third-order valence-corrected chi connectivity index (χ3v) is 11.3. The van der Waals surface area contributed by atoms with E-state index >= 15 is 0 Å². The van der Waals surface area contributed by atoms with Crippen molar-refractivity contribution in [1.82, 2.24) is 15.0 Å². The van der Waals surface area contributed by atoms with Gasteiger partial charge in [0.2, 0.25) is 0 Å². The highest BCUT2D eigenvalue weighted by Gasteiger charge is 2.19. The Kier molecular flexibility index (Phi) is 8.15. The minimum absolute atomic E-state index is 0.623. The van der Waals surface area contributed by atoms with E-state index in [9.17, 15) is 0 Å². The Morgan fingerprint density at radius 2 is 0.552 bits per heavy atom. The van der Waals surface area contributed by atoms with Crippen molar-refractivity contribution in [3.05, 3.63) is 212 Å². The summed E-state index contributed by atoms with van der Waals surface area (Å²) in [6.07, 6.45) is 0. The molecule has 0 bridgehead atoms. The third-order valence-electron chi connectivity index (χ3n) is 11.3. The highest BCUT2D eigenvalue weighted by Crippen LogP contribution is 2.43. The SMILES string of the molecule is c1ccc(-c2ccccc2-c2nc(-c3ccc(-c4cc5c6ccccc6c6ccccc6c5c5ccccc45)cc3)nc(-c3ccccc3-c3ccccc3)n2)cc1. The molecule has 0 aliphatic heterocycles. The summed E-state index contributed by atoms with van der Waals surface area (Å²) in [5.74, 6) is 1.88. The van der Waals surface area contributed by atoms with E-state index in [-0.39, 0.29) is 0 Å². The second-order valence-electron chi connectivity index (χ2n) is 14.7. The smallest absolute Gasteiger partial charge is 0.164 e. The van der Waals surface area contributed by atoms with E-state index in [1.807, 2.05) is 12.1 Å². The summed E-state index contributed by atoms with van der Waals surface area (Å²) in [7, 11) is 0. The standard InChI is InChI=1S/C55H35N3/c1-3-17-36(18-4-1)40-21-7-15-29-48(40)54-56-53(57-55(58-54)49-30-16-8-22-41(49)37-19-5-2-6-20-37)39-33-31-38(32-34-39)50-35-51-44-25-10-9-23-42(44)43-24-11-13-27-46(43)52(51)47-28-14-12-26-45(47)50/h1-35H. The molecule has 0 aliphatic rings. The number of hydrogen-bond acceptors (Lipinski definition) is 3. The van der Waals surface area contributed by atoms with Gasteiger partial charge >= 0.3 is 0 Å². The van der Waals surface area contributed by atoms with E-state index in [1.165, 1.54) is 48.7 Å². The molecule has 10 aromatic carbocycles. The summed E-state index contributed by atoms with van der Waals surface area (Å²) in [6, 6.07) is 75.1. The highest BCUT2D eigenvalue weighted by molar-refractivity contribution is 6.33. The average Bonchev–Trinajstić information content (AvgIpc) is 3.31. The molecule has 0 N–H and O–H groups in total. The zero-order valence-electron chi connectivity index (χ0n) is 31.5. The van der Waals surface area contributed by atoms with Crippen LogP contribution in [0, 0.1) is 0 Å². The molecule has 3 nitrogen and oxygen atoms in total. The molecule has 3 heteroatoms. The fraction of sp³-hybridized carbons (Fsp3) is 0. The second-order valence-corrected chi connectivity index (χ2v) is 14.7. The van der Waals surface area contributed by atoms with E-state index in [1.54, 1.807) is 0 Å².